The lowest BCUT2D eigenvalue weighted by atomic mass is 9.96. The van der Waals surface area contributed by atoms with Gasteiger partial charge in [-0.1, -0.05) is 20.8 Å². The molecular formula is C23H27N7O. The molecule has 0 amide bonds. The lowest BCUT2D eigenvalue weighted by Gasteiger charge is -2.29. The van der Waals surface area contributed by atoms with E-state index in [9.17, 15) is 0 Å². The Kier molecular flexibility index (Phi) is 4.64. The second-order valence-corrected chi connectivity index (χ2v) is 9.18. The van der Waals surface area contributed by atoms with Crippen LogP contribution in [0.5, 0.6) is 5.88 Å². The van der Waals surface area contributed by atoms with Crippen LogP contribution in [-0.4, -0.2) is 43.0 Å². The third-order valence-corrected chi connectivity index (χ3v) is 5.57. The van der Waals surface area contributed by atoms with Gasteiger partial charge in [-0.25, -0.2) is 14.5 Å². The number of hydrogen-bond donors (Lipinski definition) is 0. The number of pyridine rings is 1. The number of hydrogen-bond acceptors (Lipinski definition) is 6. The van der Waals surface area contributed by atoms with E-state index in [4.69, 9.17) is 9.72 Å². The molecule has 1 aliphatic rings. The summed E-state index contributed by atoms with van der Waals surface area (Å²) in [5.74, 6) is 1.50. The first kappa shape index (κ1) is 19.5. The maximum atomic E-state index is 5.44. The number of rotatable bonds is 4. The smallest absolute Gasteiger partial charge is 0.221 e. The Morgan fingerprint density at radius 3 is 2.77 bits per heavy atom. The Hall–Kier alpha value is -3.42. The largest absolute Gasteiger partial charge is 0.481 e. The molecule has 8 nitrogen and oxygen atoms in total. The van der Waals surface area contributed by atoms with Gasteiger partial charge in [0.05, 0.1) is 25.1 Å². The van der Waals surface area contributed by atoms with E-state index in [1.165, 1.54) is 11.3 Å². The molecule has 0 atom stereocenters. The molecule has 4 aromatic heterocycles. The molecule has 0 bridgehead atoms. The van der Waals surface area contributed by atoms with Crippen LogP contribution in [0, 0.1) is 5.41 Å². The highest BCUT2D eigenvalue weighted by molar-refractivity contribution is 5.80. The summed E-state index contributed by atoms with van der Waals surface area (Å²) >= 11 is 0. The van der Waals surface area contributed by atoms with Crippen molar-refractivity contribution in [1.29, 1.82) is 0 Å². The number of aromatic nitrogens is 6. The number of fused-ring (bicyclic) bond motifs is 2. The van der Waals surface area contributed by atoms with Gasteiger partial charge in [0.1, 0.15) is 5.82 Å². The van der Waals surface area contributed by atoms with Gasteiger partial charge in [0.2, 0.25) is 5.88 Å². The number of anilines is 1. The van der Waals surface area contributed by atoms with Gasteiger partial charge in [0, 0.05) is 55.3 Å². The molecule has 4 aromatic rings. The van der Waals surface area contributed by atoms with E-state index in [1.54, 1.807) is 17.8 Å². The highest BCUT2D eigenvalue weighted by atomic mass is 16.5. The lowest BCUT2D eigenvalue weighted by molar-refractivity contribution is 0.318. The Bertz CT molecular complexity index is 1230. The summed E-state index contributed by atoms with van der Waals surface area (Å²) in [5, 5.41) is 9.13. The zero-order valence-electron chi connectivity index (χ0n) is 18.4. The molecule has 0 radical (unpaired) electrons. The number of methoxy groups -OCH3 is 1. The quantitative estimate of drug-likeness (QED) is 0.505. The van der Waals surface area contributed by atoms with Gasteiger partial charge in [-0.05, 0) is 23.6 Å². The third-order valence-electron chi connectivity index (χ3n) is 5.57. The van der Waals surface area contributed by atoms with Crippen molar-refractivity contribution >= 4 is 11.5 Å². The van der Waals surface area contributed by atoms with E-state index in [0.29, 0.717) is 5.88 Å². The molecule has 0 unspecified atom stereocenters. The van der Waals surface area contributed by atoms with Crippen LogP contribution in [0.15, 0.2) is 43.0 Å². The predicted molar refractivity (Wildman–Crippen MR) is 119 cm³/mol. The predicted octanol–water partition coefficient (Wildman–Crippen LogP) is 3.61. The van der Waals surface area contributed by atoms with Crippen LogP contribution in [0.1, 0.15) is 32.0 Å². The third kappa shape index (κ3) is 3.62. The molecule has 5 rings (SSSR count). The van der Waals surface area contributed by atoms with E-state index in [1.807, 2.05) is 36.8 Å². The van der Waals surface area contributed by atoms with Gasteiger partial charge >= 0.3 is 0 Å². The first-order valence-electron chi connectivity index (χ1n) is 10.6. The molecule has 0 aromatic carbocycles. The van der Waals surface area contributed by atoms with Crippen LogP contribution in [0.25, 0.3) is 16.8 Å². The summed E-state index contributed by atoms with van der Waals surface area (Å²) in [6.07, 6.45) is 8.47. The van der Waals surface area contributed by atoms with Gasteiger partial charge in [-0.3, -0.25) is 4.68 Å². The van der Waals surface area contributed by atoms with Crippen molar-refractivity contribution in [2.45, 2.75) is 40.3 Å². The molecule has 0 fully saturated rings. The molecule has 0 N–H and O–H groups in total. The molecule has 0 aliphatic carbocycles. The van der Waals surface area contributed by atoms with Crippen molar-refractivity contribution < 1.29 is 4.74 Å². The zero-order chi connectivity index (χ0) is 21.6. The summed E-state index contributed by atoms with van der Waals surface area (Å²) in [6, 6.07) is 5.90. The summed E-state index contributed by atoms with van der Waals surface area (Å²) in [5.41, 5.74) is 5.40. The van der Waals surface area contributed by atoms with Gasteiger partial charge in [-0.15, -0.1) is 0 Å². The summed E-state index contributed by atoms with van der Waals surface area (Å²) < 4.78 is 9.41. The van der Waals surface area contributed by atoms with Crippen LogP contribution in [-0.2, 0) is 19.5 Å². The first-order valence-corrected chi connectivity index (χ1v) is 10.6. The molecule has 8 heteroatoms. The molecule has 160 valence electrons. The van der Waals surface area contributed by atoms with Crippen molar-refractivity contribution in [3.05, 3.63) is 54.2 Å². The Morgan fingerprint density at radius 2 is 1.97 bits per heavy atom. The van der Waals surface area contributed by atoms with Crippen molar-refractivity contribution in [3.63, 3.8) is 0 Å². The first-order chi connectivity index (χ1) is 14.9. The molecule has 31 heavy (non-hydrogen) atoms. The van der Waals surface area contributed by atoms with Crippen molar-refractivity contribution in [2.24, 2.45) is 5.41 Å². The second kappa shape index (κ2) is 7.37. The Morgan fingerprint density at radius 1 is 1.10 bits per heavy atom. The van der Waals surface area contributed by atoms with Gasteiger partial charge in [0.25, 0.3) is 0 Å². The summed E-state index contributed by atoms with van der Waals surface area (Å²) in [4.78, 5) is 11.6. The van der Waals surface area contributed by atoms with Crippen LogP contribution < -0.4 is 9.64 Å². The van der Waals surface area contributed by atoms with Crippen LogP contribution >= 0.6 is 0 Å². The highest BCUT2D eigenvalue weighted by Crippen LogP contribution is 2.32. The minimum Gasteiger partial charge on any atom is -0.481 e. The maximum absolute atomic E-state index is 5.44. The summed E-state index contributed by atoms with van der Waals surface area (Å²) in [6.45, 7) is 9.38. The van der Waals surface area contributed by atoms with E-state index >= 15 is 0 Å². The van der Waals surface area contributed by atoms with E-state index in [2.05, 4.69) is 45.5 Å². The maximum Gasteiger partial charge on any atom is 0.221 e. The lowest BCUT2D eigenvalue weighted by Crippen LogP contribution is -2.32. The molecular weight excluding hydrogens is 390 g/mol. The van der Waals surface area contributed by atoms with Crippen LogP contribution in [0.4, 0.5) is 5.82 Å². The molecule has 0 saturated carbocycles. The Balaban J connectivity index is 1.47. The van der Waals surface area contributed by atoms with Crippen LogP contribution in [0.3, 0.4) is 0 Å². The second-order valence-electron chi connectivity index (χ2n) is 9.18. The normalized spacial score (nSPS) is 14.1. The zero-order valence-corrected chi connectivity index (χ0v) is 18.4. The molecule has 0 spiro atoms. The average Bonchev–Trinajstić information content (AvgIpc) is 3.36. The minimum absolute atomic E-state index is 0.204. The van der Waals surface area contributed by atoms with E-state index in [-0.39, 0.29) is 5.41 Å². The van der Waals surface area contributed by atoms with Gasteiger partial charge < -0.3 is 9.64 Å². The van der Waals surface area contributed by atoms with E-state index < -0.39 is 0 Å². The van der Waals surface area contributed by atoms with Gasteiger partial charge in [0.15, 0.2) is 5.65 Å². The molecule has 5 heterocycles. The van der Waals surface area contributed by atoms with Crippen molar-refractivity contribution in [1.82, 2.24) is 29.4 Å². The van der Waals surface area contributed by atoms with Crippen molar-refractivity contribution in [3.8, 4) is 17.0 Å². The fourth-order valence-corrected chi connectivity index (χ4v) is 4.16. The standard InChI is InChI=1S/C23H27N7O/c1-23(2,3)15-30-19-7-10-28(14-16(19)12-25-30)20-8-11-29-21(27-20)18(13-26-29)17-6-5-9-24-22(17)31-4/h5-6,8-9,11-13H,7,10,14-15H2,1-4H3. The molecule has 1 aliphatic heterocycles. The fourth-order valence-electron chi connectivity index (χ4n) is 4.16. The highest BCUT2D eigenvalue weighted by Gasteiger charge is 2.24. The van der Waals surface area contributed by atoms with E-state index in [0.717, 1.165) is 48.6 Å². The Labute approximate surface area is 181 Å². The fraction of sp³-hybridized carbons (Fsp3) is 0.391. The van der Waals surface area contributed by atoms with Crippen LogP contribution in [0.2, 0.25) is 0 Å². The number of ether oxygens (including phenoxy) is 1. The molecule has 0 saturated heterocycles. The monoisotopic (exact) mass is 417 g/mol. The topological polar surface area (TPSA) is 73.4 Å². The minimum atomic E-state index is 0.204. The average molecular weight is 418 g/mol. The van der Waals surface area contributed by atoms with Gasteiger partial charge in [-0.2, -0.15) is 10.2 Å². The van der Waals surface area contributed by atoms with Crippen molar-refractivity contribution in [2.75, 3.05) is 18.6 Å². The summed E-state index contributed by atoms with van der Waals surface area (Å²) in [7, 11) is 1.63. The SMILES string of the molecule is COc1ncccc1-c1cnn2ccc(N3CCc4c(cnn4CC(C)(C)C)C3)nc12. The number of nitrogens with zero attached hydrogens (tertiary/aromatic N) is 7.